The lowest BCUT2D eigenvalue weighted by Gasteiger charge is -2.35. The van der Waals surface area contributed by atoms with E-state index in [0.717, 1.165) is 12.8 Å². The van der Waals surface area contributed by atoms with Crippen LogP contribution in [-0.2, 0) is 4.79 Å². The standard InChI is InChI=1S/C16H21FN2O2/c1-19(13-8-11-6-7-12(9-13)18-11)16(20)10-21-15-5-3-2-4-14(15)17/h2-5,11-13,18H,6-10H2,1H3. The molecule has 114 valence electrons. The van der Waals surface area contributed by atoms with Gasteiger partial charge in [-0.05, 0) is 37.8 Å². The van der Waals surface area contributed by atoms with Crippen molar-refractivity contribution >= 4 is 5.91 Å². The molecule has 2 aliphatic heterocycles. The molecule has 2 aliphatic rings. The van der Waals surface area contributed by atoms with Crippen molar-refractivity contribution < 1.29 is 13.9 Å². The van der Waals surface area contributed by atoms with Gasteiger partial charge in [-0.25, -0.2) is 4.39 Å². The minimum absolute atomic E-state index is 0.0930. The van der Waals surface area contributed by atoms with Crippen LogP contribution in [0.2, 0.25) is 0 Å². The Labute approximate surface area is 124 Å². The second-order valence-corrected chi connectivity index (χ2v) is 5.99. The number of hydrogen-bond donors (Lipinski definition) is 1. The molecule has 0 radical (unpaired) electrons. The summed E-state index contributed by atoms with van der Waals surface area (Å²) in [6.45, 7) is -0.114. The quantitative estimate of drug-likeness (QED) is 0.922. The second-order valence-electron chi connectivity index (χ2n) is 5.99. The number of rotatable bonds is 4. The Morgan fingerprint density at radius 2 is 2.00 bits per heavy atom. The number of fused-ring (bicyclic) bond motifs is 2. The first-order valence-electron chi connectivity index (χ1n) is 7.52. The van der Waals surface area contributed by atoms with Crippen LogP contribution in [0.5, 0.6) is 5.75 Å². The van der Waals surface area contributed by atoms with E-state index < -0.39 is 5.82 Å². The van der Waals surface area contributed by atoms with Crippen LogP contribution in [0.25, 0.3) is 0 Å². The summed E-state index contributed by atoms with van der Waals surface area (Å²) in [5.41, 5.74) is 0. The highest BCUT2D eigenvalue weighted by atomic mass is 19.1. The lowest BCUT2D eigenvalue weighted by molar-refractivity contribution is -0.134. The highest BCUT2D eigenvalue weighted by Gasteiger charge is 2.36. The summed E-state index contributed by atoms with van der Waals surface area (Å²) in [6, 6.07) is 7.49. The summed E-state index contributed by atoms with van der Waals surface area (Å²) in [7, 11) is 1.82. The van der Waals surface area contributed by atoms with Crippen LogP contribution in [0.4, 0.5) is 4.39 Å². The van der Waals surface area contributed by atoms with Crippen molar-refractivity contribution in [1.82, 2.24) is 10.2 Å². The number of hydrogen-bond acceptors (Lipinski definition) is 3. The number of likely N-dealkylation sites (N-methyl/N-ethyl adjacent to an activating group) is 1. The van der Waals surface area contributed by atoms with Crippen LogP contribution in [0.15, 0.2) is 24.3 Å². The highest BCUT2D eigenvalue weighted by molar-refractivity contribution is 5.77. The largest absolute Gasteiger partial charge is 0.481 e. The molecular formula is C16H21FN2O2. The molecule has 2 heterocycles. The van der Waals surface area contributed by atoms with Gasteiger partial charge in [0.1, 0.15) is 0 Å². The molecule has 3 rings (SSSR count). The van der Waals surface area contributed by atoms with E-state index in [4.69, 9.17) is 4.74 Å². The maximum atomic E-state index is 13.4. The minimum Gasteiger partial charge on any atom is -0.481 e. The molecule has 0 saturated carbocycles. The van der Waals surface area contributed by atoms with E-state index in [2.05, 4.69) is 5.32 Å². The third kappa shape index (κ3) is 3.18. The summed E-state index contributed by atoms with van der Waals surface area (Å²) < 4.78 is 18.7. The van der Waals surface area contributed by atoms with Crippen LogP contribution in [0, 0.1) is 5.82 Å². The summed E-state index contributed by atoms with van der Waals surface area (Å²) in [5, 5.41) is 3.56. The van der Waals surface area contributed by atoms with Crippen LogP contribution in [0.1, 0.15) is 25.7 Å². The molecule has 4 nitrogen and oxygen atoms in total. The Hall–Kier alpha value is -1.62. The zero-order valence-electron chi connectivity index (χ0n) is 12.2. The van der Waals surface area contributed by atoms with Gasteiger partial charge in [0.25, 0.3) is 5.91 Å². The van der Waals surface area contributed by atoms with E-state index in [1.54, 1.807) is 17.0 Å². The monoisotopic (exact) mass is 292 g/mol. The van der Waals surface area contributed by atoms with Crippen molar-refractivity contribution in [1.29, 1.82) is 0 Å². The molecule has 2 bridgehead atoms. The molecule has 1 aromatic carbocycles. The molecule has 0 aliphatic carbocycles. The summed E-state index contributed by atoms with van der Waals surface area (Å²) in [4.78, 5) is 14.0. The average Bonchev–Trinajstić information content (AvgIpc) is 2.83. The number of benzene rings is 1. The fourth-order valence-corrected chi connectivity index (χ4v) is 3.35. The molecule has 1 N–H and O–H groups in total. The molecule has 5 heteroatoms. The molecule has 2 unspecified atom stereocenters. The third-order valence-corrected chi connectivity index (χ3v) is 4.58. The van der Waals surface area contributed by atoms with Gasteiger partial charge in [-0.1, -0.05) is 12.1 Å². The van der Waals surface area contributed by atoms with Crippen molar-refractivity contribution in [2.24, 2.45) is 0 Å². The fraction of sp³-hybridized carbons (Fsp3) is 0.562. The predicted molar refractivity (Wildman–Crippen MR) is 77.6 cm³/mol. The first-order valence-corrected chi connectivity index (χ1v) is 7.52. The number of para-hydroxylation sites is 1. The van der Waals surface area contributed by atoms with Gasteiger partial charge in [0.15, 0.2) is 18.2 Å². The maximum absolute atomic E-state index is 13.4. The van der Waals surface area contributed by atoms with E-state index in [-0.39, 0.29) is 24.3 Å². The predicted octanol–water partition coefficient (Wildman–Crippen LogP) is 1.95. The molecule has 1 aromatic rings. The van der Waals surface area contributed by atoms with Crippen molar-refractivity contribution in [3.8, 4) is 5.75 Å². The lowest BCUT2D eigenvalue weighted by atomic mass is 9.98. The SMILES string of the molecule is CN(C(=O)COc1ccccc1F)C1CC2CCC(C1)N2. The van der Waals surface area contributed by atoms with Gasteiger partial charge in [0.05, 0.1) is 0 Å². The van der Waals surface area contributed by atoms with E-state index >= 15 is 0 Å². The van der Waals surface area contributed by atoms with Gasteiger partial charge < -0.3 is 15.0 Å². The van der Waals surface area contributed by atoms with E-state index in [1.807, 2.05) is 7.05 Å². The second kappa shape index (κ2) is 6.02. The first kappa shape index (κ1) is 14.3. The molecule has 2 atom stereocenters. The summed E-state index contributed by atoms with van der Waals surface area (Å²) in [5.74, 6) is -0.401. The molecule has 0 spiro atoms. The van der Waals surface area contributed by atoms with Crippen molar-refractivity contribution in [2.75, 3.05) is 13.7 Å². The van der Waals surface area contributed by atoms with Crippen molar-refractivity contribution in [3.63, 3.8) is 0 Å². The highest BCUT2D eigenvalue weighted by Crippen LogP contribution is 2.29. The number of halogens is 1. The van der Waals surface area contributed by atoms with Gasteiger partial charge in [0, 0.05) is 25.2 Å². The molecular weight excluding hydrogens is 271 g/mol. The Balaban J connectivity index is 1.54. The summed E-state index contributed by atoms with van der Waals surface area (Å²) >= 11 is 0. The number of piperidine rings is 1. The number of carbonyl (C=O) groups is 1. The Bertz CT molecular complexity index is 511. The van der Waals surface area contributed by atoms with Gasteiger partial charge in [0.2, 0.25) is 0 Å². The number of amides is 1. The average molecular weight is 292 g/mol. The van der Waals surface area contributed by atoms with Crippen LogP contribution in [-0.4, -0.2) is 42.6 Å². The van der Waals surface area contributed by atoms with Gasteiger partial charge in [-0.2, -0.15) is 0 Å². The zero-order chi connectivity index (χ0) is 14.8. The van der Waals surface area contributed by atoms with Crippen LogP contribution in [0.3, 0.4) is 0 Å². The zero-order valence-corrected chi connectivity index (χ0v) is 12.2. The normalized spacial score (nSPS) is 27.4. The van der Waals surface area contributed by atoms with Crippen LogP contribution < -0.4 is 10.1 Å². The van der Waals surface area contributed by atoms with Crippen LogP contribution >= 0.6 is 0 Å². The summed E-state index contributed by atoms with van der Waals surface area (Å²) in [6.07, 6.45) is 4.40. The third-order valence-electron chi connectivity index (χ3n) is 4.58. The Morgan fingerprint density at radius 1 is 1.33 bits per heavy atom. The van der Waals surface area contributed by atoms with Gasteiger partial charge in [-0.3, -0.25) is 4.79 Å². The molecule has 2 saturated heterocycles. The number of nitrogens with one attached hydrogen (secondary N) is 1. The van der Waals surface area contributed by atoms with Gasteiger partial charge in [-0.15, -0.1) is 0 Å². The topological polar surface area (TPSA) is 41.6 Å². The van der Waals surface area contributed by atoms with Crippen molar-refractivity contribution in [2.45, 2.75) is 43.8 Å². The molecule has 0 aromatic heterocycles. The number of nitrogens with zero attached hydrogens (tertiary/aromatic N) is 1. The minimum atomic E-state index is -0.437. The number of carbonyl (C=O) groups excluding carboxylic acids is 1. The number of ether oxygens (including phenoxy) is 1. The van der Waals surface area contributed by atoms with E-state index in [1.165, 1.54) is 25.0 Å². The molecule has 21 heavy (non-hydrogen) atoms. The Kier molecular flexibility index (Phi) is 4.10. The molecule has 2 fully saturated rings. The van der Waals surface area contributed by atoms with E-state index in [9.17, 15) is 9.18 Å². The smallest absolute Gasteiger partial charge is 0.260 e. The fourth-order valence-electron chi connectivity index (χ4n) is 3.35. The first-order chi connectivity index (χ1) is 10.1. The molecule has 1 amide bonds. The lowest BCUT2D eigenvalue weighted by Crippen LogP contribution is -2.49. The van der Waals surface area contributed by atoms with Gasteiger partial charge >= 0.3 is 0 Å². The maximum Gasteiger partial charge on any atom is 0.260 e. The Morgan fingerprint density at radius 3 is 2.67 bits per heavy atom. The van der Waals surface area contributed by atoms with Crippen molar-refractivity contribution in [3.05, 3.63) is 30.1 Å². The van der Waals surface area contributed by atoms with E-state index in [0.29, 0.717) is 12.1 Å².